The number of amides is 2. The molecule has 0 aliphatic carbocycles. The Morgan fingerprint density at radius 2 is 1.78 bits per heavy atom. The van der Waals surface area contributed by atoms with Crippen LogP contribution in [0.3, 0.4) is 0 Å². The minimum absolute atomic E-state index is 0.143. The van der Waals surface area contributed by atoms with Crippen LogP contribution >= 0.6 is 0 Å². The van der Waals surface area contributed by atoms with E-state index in [1.807, 2.05) is 36.4 Å². The fraction of sp³-hybridized carbons (Fsp3) is 0.273. The maximum atomic E-state index is 12.1. The summed E-state index contributed by atoms with van der Waals surface area (Å²) in [6.45, 7) is 0.491. The van der Waals surface area contributed by atoms with E-state index >= 15 is 0 Å². The number of methoxy groups -OCH3 is 1. The first kappa shape index (κ1) is 22.6. The number of ether oxygens (including phenoxy) is 1. The van der Waals surface area contributed by atoms with Crippen molar-refractivity contribution in [1.29, 1.82) is 0 Å². The van der Waals surface area contributed by atoms with E-state index in [2.05, 4.69) is 30.6 Å². The Kier molecular flexibility index (Phi) is 8.02. The molecule has 2 N–H and O–H groups in total. The minimum Gasteiger partial charge on any atom is -0.453 e. The van der Waals surface area contributed by atoms with Gasteiger partial charge >= 0.3 is 11.8 Å². The molecule has 0 saturated carbocycles. The second-order valence-corrected chi connectivity index (χ2v) is 6.98. The van der Waals surface area contributed by atoms with Crippen LogP contribution < -0.4 is 16.3 Å². The maximum Gasteiger partial charge on any atom is 0.412 e. The third-order valence-electron chi connectivity index (χ3n) is 4.57. The Morgan fingerprint density at radius 3 is 2.47 bits per heavy atom. The van der Waals surface area contributed by atoms with Gasteiger partial charge in [-0.25, -0.2) is 9.59 Å². The monoisotopic (exact) mass is 436 g/mol. The van der Waals surface area contributed by atoms with Gasteiger partial charge in [-0.15, -0.1) is 5.10 Å². The van der Waals surface area contributed by atoms with Gasteiger partial charge in [0, 0.05) is 12.7 Å². The van der Waals surface area contributed by atoms with Gasteiger partial charge in [0.15, 0.2) is 5.82 Å². The molecule has 2 aromatic heterocycles. The van der Waals surface area contributed by atoms with E-state index in [1.165, 1.54) is 17.7 Å². The van der Waals surface area contributed by atoms with Crippen LogP contribution in [0.25, 0.3) is 0 Å². The second kappa shape index (κ2) is 11.3. The lowest BCUT2D eigenvalue weighted by molar-refractivity contribution is -0.115. The Hall–Kier alpha value is -4.08. The predicted octanol–water partition coefficient (Wildman–Crippen LogP) is 2.42. The smallest absolute Gasteiger partial charge is 0.412 e. The SMILES string of the molecule is COC(=O)Nc1ccn(CCCCc2ccc(NC(=O)Cc3ccccc3)nn2)c(=O)n1. The first-order chi connectivity index (χ1) is 15.5. The molecular weight excluding hydrogens is 412 g/mol. The van der Waals surface area contributed by atoms with Gasteiger partial charge in [-0.05, 0) is 43.0 Å². The van der Waals surface area contributed by atoms with Crippen molar-refractivity contribution in [2.24, 2.45) is 0 Å². The van der Waals surface area contributed by atoms with E-state index in [1.54, 1.807) is 12.3 Å². The molecule has 32 heavy (non-hydrogen) atoms. The topological polar surface area (TPSA) is 128 Å². The second-order valence-electron chi connectivity index (χ2n) is 6.98. The third-order valence-corrected chi connectivity index (χ3v) is 4.57. The number of benzene rings is 1. The number of rotatable bonds is 9. The van der Waals surface area contributed by atoms with Crippen LogP contribution in [0.2, 0.25) is 0 Å². The summed E-state index contributed by atoms with van der Waals surface area (Å²) in [5, 5.41) is 13.3. The highest BCUT2D eigenvalue weighted by atomic mass is 16.5. The van der Waals surface area contributed by atoms with Crippen molar-refractivity contribution in [3.05, 3.63) is 76.5 Å². The highest BCUT2D eigenvalue weighted by Crippen LogP contribution is 2.08. The molecule has 0 saturated heterocycles. The fourth-order valence-corrected chi connectivity index (χ4v) is 2.94. The van der Waals surface area contributed by atoms with Crippen LogP contribution in [-0.4, -0.2) is 38.9 Å². The zero-order valence-electron chi connectivity index (χ0n) is 17.7. The lowest BCUT2D eigenvalue weighted by atomic mass is 10.1. The Morgan fingerprint density at radius 1 is 0.969 bits per heavy atom. The van der Waals surface area contributed by atoms with Crippen molar-refractivity contribution < 1.29 is 14.3 Å². The Bertz CT molecular complexity index is 1100. The number of nitrogens with one attached hydrogen (secondary N) is 2. The number of carbonyl (C=O) groups is 2. The molecule has 2 amide bonds. The molecule has 1 aromatic carbocycles. The predicted molar refractivity (Wildman–Crippen MR) is 118 cm³/mol. The molecule has 0 aliphatic rings. The molecule has 0 bridgehead atoms. The number of hydrogen-bond acceptors (Lipinski definition) is 7. The van der Waals surface area contributed by atoms with Crippen LogP contribution in [0.4, 0.5) is 16.4 Å². The number of unbranched alkanes of at least 4 members (excludes halogenated alkanes) is 1. The molecule has 166 valence electrons. The first-order valence-electron chi connectivity index (χ1n) is 10.1. The minimum atomic E-state index is -0.683. The first-order valence-corrected chi connectivity index (χ1v) is 10.1. The molecule has 3 rings (SSSR count). The number of nitrogens with zero attached hydrogens (tertiary/aromatic N) is 4. The average molecular weight is 436 g/mol. The number of carbonyl (C=O) groups excluding carboxylic acids is 2. The van der Waals surface area contributed by atoms with Crippen LogP contribution in [0, 0.1) is 0 Å². The van der Waals surface area contributed by atoms with Crippen molar-refractivity contribution in [3.8, 4) is 0 Å². The van der Waals surface area contributed by atoms with Crippen LogP contribution in [0.1, 0.15) is 24.1 Å². The standard InChI is InChI=1S/C22H24N6O4/c1-32-22(31)25-18-12-14-28(21(30)24-18)13-6-5-9-17-10-11-19(27-26-17)23-20(29)15-16-7-3-2-4-8-16/h2-4,7-8,10-12,14H,5-6,9,13,15H2,1H3,(H,23,27,29)(H,24,25,30,31). The summed E-state index contributed by atoms with van der Waals surface area (Å²) < 4.78 is 5.94. The molecule has 0 atom stereocenters. The van der Waals surface area contributed by atoms with E-state index in [0.29, 0.717) is 18.8 Å². The van der Waals surface area contributed by atoms with Crippen molar-refractivity contribution in [1.82, 2.24) is 19.7 Å². The summed E-state index contributed by atoms with van der Waals surface area (Å²) in [6, 6.07) is 14.6. The van der Waals surface area contributed by atoms with Gasteiger partial charge in [-0.1, -0.05) is 30.3 Å². The highest BCUT2D eigenvalue weighted by Gasteiger charge is 2.07. The summed E-state index contributed by atoms with van der Waals surface area (Å²) in [5.74, 6) is 0.405. The molecule has 10 nitrogen and oxygen atoms in total. The number of aryl methyl sites for hydroxylation is 2. The zero-order chi connectivity index (χ0) is 22.8. The summed E-state index contributed by atoms with van der Waals surface area (Å²) in [4.78, 5) is 39.1. The van der Waals surface area contributed by atoms with E-state index in [9.17, 15) is 14.4 Å². The van der Waals surface area contributed by atoms with Crippen molar-refractivity contribution in [2.45, 2.75) is 32.2 Å². The summed E-state index contributed by atoms with van der Waals surface area (Å²) >= 11 is 0. The van der Waals surface area contributed by atoms with E-state index in [-0.39, 0.29) is 18.1 Å². The number of aromatic nitrogens is 4. The Balaban J connectivity index is 1.41. The lowest BCUT2D eigenvalue weighted by Crippen LogP contribution is -2.24. The third kappa shape index (κ3) is 7.01. The van der Waals surface area contributed by atoms with Crippen LogP contribution in [0.15, 0.2) is 59.5 Å². The Labute approximate surface area is 184 Å². The summed E-state index contributed by atoms with van der Waals surface area (Å²) in [7, 11) is 1.23. The quantitative estimate of drug-likeness (QED) is 0.493. The summed E-state index contributed by atoms with van der Waals surface area (Å²) in [5.41, 5.74) is 1.28. The molecule has 2 heterocycles. The normalized spacial score (nSPS) is 10.4. The summed E-state index contributed by atoms with van der Waals surface area (Å²) in [6.07, 6.45) is 3.39. The van der Waals surface area contributed by atoms with Gasteiger partial charge in [0.25, 0.3) is 0 Å². The van der Waals surface area contributed by atoms with E-state index < -0.39 is 11.8 Å². The fourth-order valence-electron chi connectivity index (χ4n) is 2.94. The molecule has 0 aliphatic heterocycles. The highest BCUT2D eigenvalue weighted by molar-refractivity contribution is 5.91. The van der Waals surface area contributed by atoms with Gasteiger partial charge in [-0.2, -0.15) is 10.1 Å². The molecular formula is C22H24N6O4. The van der Waals surface area contributed by atoms with Gasteiger partial charge in [0.2, 0.25) is 5.91 Å². The van der Waals surface area contributed by atoms with Crippen molar-refractivity contribution >= 4 is 23.6 Å². The number of anilines is 2. The number of hydrogen-bond donors (Lipinski definition) is 2. The molecule has 0 spiro atoms. The maximum absolute atomic E-state index is 12.1. The average Bonchev–Trinajstić information content (AvgIpc) is 2.79. The van der Waals surface area contributed by atoms with Crippen molar-refractivity contribution in [3.63, 3.8) is 0 Å². The van der Waals surface area contributed by atoms with Crippen LogP contribution in [-0.2, 0) is 28.9 Å². The molecule has 10 heteroatoms. The van der Waals surface area contributed by atoms with E-state index in [4.69, 9.17) is 0 Å². The largest absolute Gasteiger partial charge is 0.453 e. The molecule has 3 aromatic rings. The van der Waals surface area contributed by atoms with Gasteiger partial charge in [-0.3, -0.25) is 14.7 Å². The van der Waals surface area contributed by atoms with Gasteiger partial charge in [0.1, 0.15) is 5.82 Å². The lowest BCUT2D eigenvalue weighted by Gasteiger charge is -2.07. The van der Waals surface area contributed by atoms with Gasteiger partial charge < -0.3 is 10.1 Å². The molecule has 0 radical (unpaired) electrons. The van der Waals surface area contributed by atoms with Crippen molar-refractivity contribution in [2.75, 3.05) is 17.7 Å². The van der Waals surface area contributed by atoms with Gasteiger partial charge in [0.05, 0.1) is 19.2 Å². The van der Waals surface area contributed by atoms with E-state index in [0.717, 1.165) is 24.1 Å². The molecule has 0 unspecified atom stereocenters. The zero-order valence-corrected chi connectivity index (χ0v) is 17.7. The molecule has 0 fully saturated rings. The van der Waals surface area contributed by atoms with Crippen LogP contribution in [0.5, 0.6) is 0 Å².